The molecule has 17 heavy (non-hydrogen) atoms. The molecule has 5 nitrogen and oxygen atoms in total. The van der Waals surface area contributed by atoms with Crippen molar-refractivity contribution >= 4 is 31.8 Å². The van der Waals surface area contributed by atoms with Gasteiger partial charge in [0.15, 0.2) is 0 Å². The smallest absolute Gasteiger partial charge is 0.244 e. The van der Waals surface area contributed by atoms with E-state index in [0.29, 0.717) is 4.47 Å². The van der Waals surface area contributed by atoms with Crippen LogP contribution in [0.4, 0.5) is 5.82 Å². The van der Waals surface area contributed by atoms with Crippen molar-refractivity contribution in [2.45, 2.75) is 36.6 Å². The molecule has 0 bridgehead atoms. The Morgan fingerprint density at radius 3 is 2.71 bits per heavy atom. The zero-order valence-electron chi connectivity index (χ0n) is 9.40. The highest BCUT2D eigenvalue weighted by Gasteiger charge is 2.36. The number of pyridine rings is 1. The predicted octanol–water partition coefficient (Wildman–Crippen LogP) is 1.65. The maximum Gasteiger partial charge on any atom is 0.244 e. The topological polar surface area (TPSA) is 85.1 Å². The summed E-state index contributed by atoms with van der Waals surface area (Å²) < 4.78 is 27.6. The Morgan fingerprint density at radius 1 is 1.53 bits per heavy atom. The van der Waals surface area contributed by atoms with Gasteiger partial charge in [0.1, 0.15) is 10.7 Å². The number of aromatic nitrogens is 1. The summed E-state index contributed by atoms with van der Waals surface area (Å²) >= 11 is 3.19. The summed E-state index contributed by atoms with van der Waals surface area (Å²) in [6.45, 7) is 1.90. The maximum absolute atomic E-state index is 12.2. The molecule has 0 amide bonds. The van der Waals surface area contributed by atoms with Crippen LogP contribution in [0.5, 0.6) is 0 Å². The largest absolute Gasteiger partial charge is 0.383 e. The normalized spacial score (nSPS) is 18.7. The molecule has 1 saturated carbocycles. The Balaban J connectivity index is 2.34. The van der Waals surface area contributed by atoms with Crippen molar-refractivity contribution in [3.63, 3.8) is 0 Å². The van der Waals surface area contributed by atoms with Crippen molar-refractivity contribution in [3.05, 3.63) is 16.7 Å². The molecule has 0 aromatic carbocycles. The molecule has 1 aliphatic carbocycles. The number of halogens is 1. The quantitative estimate of drug-likeness (QED) is 0.887. The van der Waals surface area contributed by atoms with Gasteiger partial charge in [-0.2, -0.15) is 0 Å². The van der Waals surface area contributed by atoms with Crippen LogP contribution in [-0.2, 0) is 10.0 Å². The van der Waals surface area contributed by atoms with Gasteiger partial charge in [0.25, 0.3) is 0 Å². The fourth-order valence-electron chi connectivity index (χ4n) is 1.84. The average molecular weight is 320 g/mol. The molecule has 94 valence electrons. The second-order valence-electron chi connectivity index (χ2n) is 4.56. The molecule has 1 aliphatic rings. The van der Waals surface area contributed by atoms with E-state index in [1.807, 2.05) is 6.92 Å². The molecule has 1 fully saturated rings. The van der Waals surface area contributed by atoms with E-state index in [9.17, 15) is 8.42 Å². The predicted molar refractivity (Wildman–Crippen MR) is 68.9 cm³/mol. The number of rotatable bonds is 3. The number of nitrogen functional groups attached to an aromatic ring is 1. The molecule has 3 N–H and O–H groups in total. The number of nitrogens with two attached hydrogens (primary N) is 1. The fraction of sp³-hybridized carbons (Fsp3) is 0.500. The summed E-state index contributed by atoms with van der Waals surface area (Å²) in [4.78, 5) is 3.86. The lowest BCUT2D eigenvalue weighted by atomic mass is 9.80. The van der Waals surface area contributed by atoms with Gasteiger partial charge in [-0.3, -0.25) is 0 Å². The summed E-state index contributed by atoms with van der Waals surface area (Å²) in [6.07, 6.45) is 4.23. The van der Waals surface area contributed by atoms with Crippen LogP contribution >= 0.6 is 15.9 Å². The van der Waals surface area contributed by atoms with Crippen molar-refractivity contribution in [2.75, 3.05) is 5.73 Å². The molecule has 0 saturated heterocycles. The first-order chi connectivity index (χ1) is 7.82. The van der Waals surface area contributed by atoms with Crippen LogP contribution in [0.1, 0.15) is 26.2 Å². The van der Waals surface area contributed by atoms with Gasteiger partial charge in [-0.05, 0) is 48.2 Å². The number of anilines is 1. The zero-order valence-corrected chi connectivity index (χ0v) is 11.8. The molecule has 7 heteroatoms. The fourth-order valence-corrected chi connectivity index (χ4v) is 3.89. The molecule has 1 aromatic heterocycles. The first-order valence-corrected chi connectivity index (χ1v) is 7.55. The third kappa shape index (κ3) is 2.61. The lowest BCUT2D eigenvalue weighted by Crippen LogP contribution is -2.50. The molecule has 1 aromatic rings. The molecular formula is C10H14BrN3O2S. The highest BCUT2D eigenvalue weighted by Crippen LogP contribution is 2.33. The van der Waals surface area contributed by atoms with Crippen molar-refractivity contribution in [3.8, 4) is 0 Å². The third-order valence-corrected chi connectivity index (χ3v) is 5.08. The molecular weight excluding hydrogens is 306 g/mol. The lowest BCUT2D eigenvalue weighted by Gasteiger charge is -2.38. The van der Waals surface area contributed by atoms with Crippen molar-refractivity contribution in [1.82, 2.24) is 9.71 Å². The van der Waals surface area contributed by atoms with E-state index >= 15 is 0 Å². The minimum absolute atomic E-state index is 0.0172. The van der Waals surface area contributed by atoms with Gasteiger partial charge in [-0.25, -0.2) is 18.1 Å². The molecule has 1 heterocycles. The van der Waals surface area contributed by atoms with Crippen LogP contribution in [0.15, 0.2) is 21.6 Å². The van der Waals surface area contributed by atoms with E-state index in [-0.39, 0.29) is 16.3 Å². The van der Waals surface area contributed by atoms with Crippen LogP contribution in [0.2, 0.25) is 0 Å². The molecule has 0 unspecified atom stereocenters. The second-order valence-corrected chi connectivity index (χ2v) is 7.12. The second kappa shape index (κ2) is 4.22. The van der Waals surface area contributed by atoms with Crippen LogP contribution in [-0.4, -0.2) is 18.9 Å². The van der Waals surface area contributed by atoms with E-state index < -0.39 is 10.0 Å². The van der Waals surface area contributed by atoms with Crippen molar-refractivity contribution in [2.24, 2.45) is 0 Å². The van der Waals surface area contributed by atoms with Gasteiger partial charge >= 0.3 is 0 Å². The molecule has 0 aliphatic heterocycles. The van der Waals surface area contributed by atoms with Gasteiger partial charge in [-0.15, -0.1) is 0 Å². The van der Waals surface area contributed by atoms with E-state index in [1.165, 1.54) is 12.3 Å². The SMILES string of the molecule is CC1(NS(=O)(=O)c2cc(Br)cnc2N)CCC1. The first-order valence-electron chi connectivity index (χ1n) is 5.27. The van der Waals surface area contributed by atoms with E-state index in [1.54, 1.807) is 0 Å². The Kier molecular flexibility index (Phi) is 3.17. The first kappa shape index (κ1) is 12.8. The molecule has 2 rings (SSSR count). The summed E-state index contributed by atoms with van der Waals surface area (Å²) in [6, 6.07) is 1.46. The standard InChI is InChI=1S/C10H14BrN3O2S/c1-10(3-2-4-10)14-17(15,16)8-5-7(11)6-13-9(8)12/h5-6,14H,2-4H2,1H3,(H2,12,13). The molecule has 0 radical (unpaired) electrons. The van der Waals surface area contributed by atoms with Crippen LogP contribution in [0, 0.1) is 0 Å². The van der Waals surface area contributed by atoms with Crippen molar-refractivity contribution in [1.29, 1.82) is 0 Å². The highest BCUT2D eigenvalue weighted by atomic mass is 79.9. The summed E-state index contributed by atoms with van der Waals surface area (Å²) in [5.74, 6) is 0.0172. The molecule has 0 spiro atoms. The van der Waals surface area contributed by atoms with Gasteiger partial charge in [0, 0.05) is 16.2 Å². The van der Waals surface area contributed by atoms with Gasteiger partial charge in [-0.1, -0.05) is 0 Å². The number of sulfonamides is 1. The van der Waals surface area contributed by atoms with E-state index in [4.69, 9.17) is 5.73 Å². The number of hydrogen-bond donors (Lipinski definition) is 2. The summed E-state index contributed by atoms with van der Waals surface area (Å²) in [5.41, 5.74) is 5.26. The van der Waals surface area contributed by atoms with Crippen LogP contribution < -0.4 is 10.5 Å². The Hall–Kier alpha value is -0.660. The summed E-state index contributed by atoms with van der Waals surface area (Å²) in [5, 5.41) is 0. The van der Waals surface area contributed by atoms with Crippen molar-refractivity contribution < 1.29 is 8.42 Å². The van der Waals surface area contributed by atoms with Gasteiger partial charge < -0.3 is 5.73 Å². The van der Waals surface area contributed by atoms with Gasteiger partial charge in [0.2, 0.25) is 10.0 Å². The van der Waals surface area contributed by atoms with Crippen LogP contribution in [0.25, 0.3) is 0 Å². The highest BCUT2D eigenvalue weighted by molar-refractivity contribution is 9.10. The van der Waals surface area contributed by atoms with E-state index in [0.717, 1.165) is 19.3 Å². The minimum atomic E-state index is -3.60. The number of hydrogen-bond acceptors (Lipinski definition) is 4. The Bertz CT molecular complexity index is 540. The third-order valence-electron chi connectivity index (χ3n) is 2.98. The lowest BCUT2D eigenvalue weighted by molar-refractivity contribution is 0.248. The van der Waals surface area contributed by atoms with Crippen LogP contribution in [0.3, 0.4) is 0 Å². The number of nitrogens with one attached hydrogen (secondary N) is 1. The Morgan fingerprint density at radius 2 is 2.18 bits per heavy atom. The van der Waals surface area contributed by atoms with Gasteiger partial charge in [0.05, 0.1) is 0 Å². The van der Waals surface area contributed by atoms with E-state index in [2.05, 4.69) is 25.6 Å². The Labute approximate surface area is 109 Å². The zero-order chi connectivity index (χ0) is 12.7. The molecule has 0 atom stereocenters. The minimum Gasteiger partial charge on any atom is -0.383 e. The summed E-state index contributed by atoms with van der Waals surface area (Å²) in [7, 11) is -3.60. The average Bonchev–Trinajstić information content (AvgIpc) is 2.18. The monoisotopic (exact) mass is 319 g/mol. The number of nitrogens with zero attached hydrogens (tertiary/aromatic N) is 1. The maximum atomic E-state index is 12.2.